The van der Waals surface area contributed by atoms with Crippen molar-refractivity contribution in [2.24, 2.45) is 29.5 Å². The second kappa shape index (κ2) is 4.09. The molecule has 4 fully saturated rings. The Balaban J connectivity index is 1.42. The minimum atomic E-state index is 0.549. The fourth-order valence-corrected chi connectivity index (χ4v) is 5.02. The first kappa shape index (κ1) is 12.2. The fraction of sp³-hybridized carbons (Fsp3) is 0.750. The molecule has 4 unspecified atom stereocenters. The van der Waals surface area contributed by atoms with Gasteiger partial charge in [0.2, 0.25) is 0 Å². The molecule has 21 heavy (non-hydrogen) atoms. The van der Waals surface area contributed by atoms with E-state index < -0.39 is 0 Å². The summed E-state index contributed by atoms with van der Waals surface area (Å²) in [5, 5.41) is 3.74. The highest BCUT2D eigenvalue weighted by Gasteiger charge is 2.65. The van der Waals surface area contributed by atoms with E-state index in [9.17, 15) is 0 Å². The number of nitrogens with two attached hydrogens (primary N) is 1. The summed E-state index contributed by atoms with van der Waals surface area (Å²) in [5.74, 6) is 12.7. The first-order chi connectivity index (χ1) is 10.3. The fourth-order valence-electron chi connectivity index (χ4n) is 5.02. The van der Waals surface area contributed by atoms with Crippen molar-refractivity contribution < 1.29 is 0 Å². The van der Waals surface area contributed by atoms with Crippen molar-refractivity contribution in [1.29, 1.82) is 0 Å². The van der Waals surface area contributed by atoms with Gasteiger partial charge >= 0.3 is 0 Å². The molecule has 0 aromatic carbocycles. The number of fused-ring (bicyclic) bond motifs is 5. The lowest BCUT2D eigenvalue weighted by atomic mass is 10.0. The lowest BCUT2D eigenvalue weighted by Gasteiger charge is -2.16. The number of hydrogen-bond donors (Lipinski definition) is 3. The third kappa shape index (κ3) is 1.73. The van der Waals surface area contributed by atoms with Crippen LogP contribution in [0.4, 0.5) is 11.6 Å². The normalized spacial score (nSPS) is 39.2. The predicted molar refractivity (Wildman–Crippen MR) is 81.8 cm³/mol. The highest BCUT2D eigenvalue weighted by Crippen LogP contribution is 2.66. The van der Waals surface area contributed by atoms with Crippen LogP contribution in [0.2, 0.25) is 0 Å². The van der Waals surface area contributed by atoms with Crippen molar-refractivity contribution in [3.8, 4) is 0 Å². The van der Waals surface area contributed by atoms with E-state index in [0.717, 1.165) is 46.7 Å². The zero-order valence-electron chi connectivity index (χ0n) is 12.5. The summed E-state index contributed by atoms with van der Waals surface area (Å²) in [5.41, 5.74) is 3.80. The largest absolute Gasteiger partial charge is 0.366 e. The molecule has 0 saturated heterocycles. The number of nitrogen functional groups attached to an aromatic ring is 1. The van der Waals surface area contributed by atoms with Gasteiger partial charge < -0.3 is 10.7 Å². The Labute approximate surface area is 125 Å². The van der Waals surface area contributed by atoms with Crippen LogP contribution in [0.3, 0.4) is 0 Å². The second-order valence-corrected chi connectivity index (χ2v) is 7.48. The molecule has 4 atom stereocenters. The van der Waals surface area contributed by atoms with Gasteiger partial charge in [-0.15, -0.1) is 0 Å². The maximum atomic E-state index is 5.63. The molecule has 2 bridgehead atoms. The Morgan fingerprint density at radius 3 is 2.29 bits per heavy atom. The molecule has 0 spiro atoms. The van der Waals surface area contributed by atoms with E-state index in [0.29, 0.717) is 12.0 Å². The Morgan fingerprint density at radius 2 is 1.67 bits per heavy atom. The summed E-state index contributed by atoms with van der Waals surface area (Å²) < 4.78 is 0. The summed E-state index contributed by atoms with van der Waals surface area (Å²) in [6, 6.07) is 0.655. The van der Waals surface area contributed by atoms with Crippen LogP contribution in [0.15, 0.2) is 0 Å². The zero-order valence-corrected chi connectivity index (χ0v) is 12.5. The van der Waals surface area contributed by atoms with Crippen molar-refractivity contribution in [1.82, 2.24) is 9.97 Å². The van der Waals surface area contributed by atoms with Crippen molar-refractivity contribution >= 4 is 11.6 Å². The number of nitrogens with one attached hydrogen (secondary N) is 2. The lowest BCUT2D eigenvalue weighted by Crippen LogP contribution is -2.18. The number of hydrazine groups is 1. The zero-order chi connectivity index (χ0) is 14.1. The smallest absolute Gasteiger partial charge is 0.148 e. The molecule has 5 heteroatoms. The monoisotopic (exact) mass is 285 g/mol. The van der Waals surface area contributed by atoms with E-state index in [-0.39, 0.29) is 0 Å². The van der Waals surface area contributed by atoms with Gasteiger partial charge in [-0.1, -0.05) is 0 Å². The molecule has 4 aliphatic carbocycles. The van der Waals surface area contributed by atoms with E-state index in [1.165, 1.54) is 32.1 Å². The lowest BCUT2D eigenvalue weighted by molar-refractivity contribution is 0.456. The van der Waals surface area contributed by atoms with Crippen LogP contribution in [0, 0.1) is 30.6 Å². The molecule has 5 rings (SSSR count). The van der Waals surface area contributed by atoms with E-state index in [4.69, 9.17) is 10.8 Å². The Bertz CT molecular complexity index is 581. The molecule has 4 N–H and O–H groups in total. The van der Waals surface area contributed by atoms with Gasteiger partial charge in [-0.3, -0.25) is 0 Å². The average molecular weight is 285 g/mol. The number of aromatic nitrogens is 2. The molecule has 4 aliphatic rings. The summed E-state index contributed by atoms with van der Waals surface area (Å²) in [6.07, 6.45) is 6.82. The number of rotatable bonds is 4. The van der Waals surface area contributed by atoms with Crippen LogP contribution >= 0.6 is 0 Å². The highest BCUT2D eigenvalue weighted by molar-refractivity contribution is 5.58. The summed E-state index contributed by atoms with van der Waals surface area (Å²) >= 11 is 0. The molecule has 4 saturated carbocycles. The summed E-state index contributed by atoms with van der Waals surface area (Å²) in [4.78, 5) is 9.37. The third-order valence-corrected chi connectivity index (χ3v) is 6.28. The molecular weight excluding hydrogens is 262 g/mol. The molecule has 0 aliphatic heterocycles. The van der Waals surface area contributed by atoms with E-state index in [1.807, 2.05) is 0 Å². The van der Waals surface area contributed by atoms with Gasteiger partial charge in [-0.05, 0) is 62.7 Å². The SMILES string of the molecule is Cc1c(NN)nc(C2CC2)nc1NC1C2C3CCC(C3)C12. The first-order valence-electron chi connectivity index (χ1n) is 8.38. The molecule has 112 valence electrons. The quantitative estimate of drug-likeness (QED) is 0.585. The van der Waals surface area contributed by atoms with Gasteiger partial charge in [0.1, 0.15) is 17.5 Å². The number of hydrogen-bond acceptors (Lipinski definition) is 5. The molecule has 0 amide bonds. The van der Waals surface area contributed by atoms with Gasteiger partial charge in [0.15, 0.2) is 0 Å². The summed E-state index contributed by atoms with van der Waals surface area (Å²) in [7, 11) is 0. The van der Waals surface area contributed by atoms with E-state index in [2.05, 4.69) is 22.7 Å². The Hall–Kier alpha value is -1.36. The first-order valence-corrected chi connectivity index (χ1v) is 8.38. The van der Waals surface area contributed by atoms with Crippen molar-refractivity contribution in [2.75, 3.05) is 10.7 Å². The van der Waals surface area contributed by atoms with Crippen LogP contribution in [0.1, 0.15) is 49.4 Å². The minimum Gasteiger partial charge on any atom is -0.366 e. The van der Waals surface area contributed by atoms with Gasteiger partial charge in [-0.25, -0.2) is 15.8 Å². The highest BCUT2D eigenvalue weighted by atomic mass is 15.3. The molecule has 1 heterocycles. The van der Waals surface area contributed by atoms with Crippen LogP contribution in [0.5, 0.6) is 0 Å². The third-order valence-electron chi connectivity index (χ3n) is 6.28. The second-order valence-electron chi connectivity index (χ2n) is 7.48. The van der Waals surface area contributed by atoms with E-state index >= 15 is 0 Å². The predicted octanol–water partition coefficient (Wildman–Crippen LogP) is 2.40. The van der Waals surface area contributed by atoms with Crippen LogP contribution < -0.4 is 16.6 Å². The van der Waals surface area contributed by atoms with Crippen LogP contribution in [-0.2, 0) is 0 Å². The van der Waals surface area contributed by atoms with Crippen LogP contribution in [-0.4, -0.2) is 16.0 Å². The standard InChI is InChI=1S/C16H23N5/c1-7-14(19-16(8-2-3-8)20-15(7)21-17)18-13-11-9-4-5-10(6-9)12(11)13/h8-13H,2-6,17H2,1H3,(H2,18,19,20,21). The van der Waals surface area contributed by atoms with Crippen molar-refractivity contribution in [3.05, 3.63) is 11.4 Å². The number of anilines is 2. The van der Waals surface area contributed by atoms with Gasteiger partial charge in [0.05, 0.1) is 0 Å². The van der Waals surface area contributed by atoms with Gasteiger partial charge in [0, 0.05) is 17.5 Å². The average Bonchev–Trinajstić information content (AvgIpc) is 3.39. The maximum absolute atomic E-state index is 5.63. The molecular formula is C16H23N5. The molecule has 0 radical (unpaired) electrons. The van der Waals surface area contributed by atoms with Crippen LogP contribution in [0.25, 0.3) is 0 Å². The van der Waals surface area contributed by atoms with Gasteiger partial charge in [-0.2, -0.15) is 0 Å². The molecule has 5 nitrogen and oxygen atoms in total. The topological polar surface area (TPSA) is 75.9 Å². The van der Waals surface area contributed by atoms with E-state index in [1.54, 1.807) is 0 Å². The molecule has 1 aromatic heterocycles. The van der Waals surface area contributed by atoms with Crippen molar-refractivity contribution in [3.63, 3.8) is 0 Å². The number of nitrogens with zero attached hydrogens (tertiary/aromatic N) is 2. The minimum absolute atomic E-state index is 0.549. The van der Waals surface area contributed by atoms with Gasteiger partial charge in [0.25, 0.3) is 0 Å². The maximum Gasteiger partial charge on any atom is 0.148 e. The Kier molecular flexibility index (Phi) is 2.38. The van der Waals surface area contributed by atoms with Crippen molar-refractivity contribution in [2.45, 2.75) is 51.0 Å². The molecule has 1 aromatic rings. The summed E-state index contributed by atoms with van der Waals surface area (Å²) in [6.45, 7) is 2.06. The Morgan fingerprint density at radius 1 is 1.00 bits per heavy atom.